The molecule has 0 radical (unpaired) electrons. The molecule has 0 aromatic carbocycles. The fraction of sp³-hybridized carbons (Fsp3) is 0.500. The van der Waals surface area contributed by atoms with Crippen LogP contribution in [0.3, 0.4) is 0 Å². The van der Waals surface area contributed by atoms with Gasteiger partial charge in [0.05, 0.1) is 11.9 Å². The van der Waals surface area contributed by atoms with Crippen molar-refractivity contribution in [1.82, 2.24) is 4.90 Å². The van der Waals surface area contributed by atoms with Crippen molar-refractivity contribution in [2.45, 2.75) is 11.9 Å². The fourth-order valence-electron chi connectivity index (χ4n) is 0.891. The summed E-state index contributed by atoms with van der Waals surface area (Å²) in [5.74, 6) is 2.01. The molecule has 0 amide bonds. The zero-order valence-electron chi connectivity index (χ0n) is 6.80. The maximum atomic E-state index is 5.46. The molecule has 3 heteroatoms. The Morgan fingerprint density at radius 1 is 1.36 bits per heavy atom. The van der Waals surface area contributed by atoms with Gasteiger partial charge in [0.15, 0.2) is 0 Å². The Hall–Kier alpha value is -0.280. The van der Waals surface area contributed by atoms with Crippen LogP contribution >= 0.6 is 15.9 Å². The van der Waals surface area contributed by atoms with E-state index in [0.717, 1.165) is 23.4 Å². The lowest BCUT2D eigenvalue weighted by atomic mass is 10.4. The molecule has 0 unspecified atom stereocenters. The van der Waals surface area contributed by atoms with Crippen molar-refractivity contribution in [2.24, 2.45) is 0 Å². The largest absolute Gasteiger partial charge is 0.464 e. The van der Waals surface area contributed by atoms with Gasteiger partial charge >= 0.3 is 0 Å². The molecule has 0 spiro atoms. The highest BCUT2D eigenvalue weighted by atomic mass is 79.9. The van der Waals surface area contributed by atoms with Gasteiger partial charge in [-0.2, -0.15) is 0 Å². The molecule has 0 saturated carbocycles. The maximum absolute atomic E-state index is 5.46. The summed E-state index contributed by atoms with van der Waals surface area (Å²) < 4.78 is 5.46. The van der Waals surface area contributed by atoms with Gasteiger partial charge in [-0.15, -0.1) is 0 Å². The fourth-order valence-corrected chi connectivity index (χ4v) is 1.19. The third kappa shape index (κ3) is 2.67. The average molecular weight is 218 g/mol. The van der Waals surface area contributed by atoms with E-state index in [4.69, 9.17) is 4.42 Å². The van der Waals surface area contributed by atoms with E-state index in [2.05, 4.69) is 20.8 Å². The molecule has 0 aliphatic heterocycles. The topological polar surface area (TPSA) is 16.4 Å². The van der Waals surface area contributed by atoms with Crippen LogP contribution in [-0.4, -0.2) is 19.0 Å². The van der Waals surface area contributed by atoms with Crippen molar-refractivity contribution in [3.63, 3.8) is 0 Å². The summed E-state index contributed by atoms with van der Waals surface area (Å²) in [6, 6.07) is 4.00. The normalized spacial score (nSPS) is 10.9. The molecule has 1 rings (SSSR count). The Morgan fingerprint density at radius 2 is 2.00 bits per heavy atom. The van der Waals surface area contributed by atoms with Crippen LogP contribution in [0, 0.1) is 0 Å². The second kappa shape index (κ2) is 3.93. The molecule has 0 bridgehead atoms. The van der Waals surface area contributed by atoms with Crippen LogP contribution in [0.4, 0.5) is 0 Å². The summed E-state index contributed by atoms with van der Waals surface area (Å²) in [7, 11) is 4.05. The Morgan fingerprint density at radius 3 is 2.45 bits per heavy atom. The molecule has 0 fully saturated rings. The van der Waals surface area contributed by atoms with Crippen molar-refractivity contribution in [3.05, 3.63) is 23.7 Å². The monoisotopic (exact) mass is 217 g/mol. The van der Waals surface area contributed by atoms with Gasteiger partial charge < -0.3 is 9.32 Å². The number of alkyl halides is 1. The van der Waals surface area contributed by atoms with Gasteiger partial charge in [-0.3, -0.25) is 0 Å². The number of hydrogen-bond donors (Lipinski definition) is 0. The minimum Gasteiger partial charge on any atom is -0.464 e. The van der Waals surface area contributed by atoms with Gasteiger partial charge in [0.25, 0.3) is 0 Å². The van der Waals surface area contributed by atoms with E-state index >= 15 is 0 Å². The molecule has 62 valence electrons. The smallest absolute Gasteiger partial charge is 0.118 e. The number of halogens is 1. The van der Waals surface area contributed by atoms with E-state index in [1.807, 2.05) is 26.2 Å². The molecule has 2 nitrogen and oxygen atoms in total. The Labute approximate surface area is 75.3 Å². The molecule has 0 saturated heterocycles. The molecular weight excluding hydrogens is 206 g/mol. The Bertz CT molecular complexity index is 220. The van der Waals surface area contributed by atoms with E-state index in [0.29, 0.717) is 0 Å². The van der Waals surface area contributed by atoms with Crippen molar-refractivity contribution >= 4 is 15.9 Å². The lowest BCUT2D eigenvalue weighted by molar-refractivity contribution is 0.345. The lowest BCUT2D eigenvalue weighted by Crippen LogP contribution is -2.09. The summed E-state index contributed by atoms with van der Waals surface area (Å²) in [4.78, 5) is 2.08. The van der Waals surface area contributed by atoms with Gasteiger partial charge in [-0.05, 0) is 26.2 Å². The molecule has 1 aromatic heterocycles. The summed E-state index contributed by atoms with van der Waals surface area (Å²) in [6.45, 7) is 0.868. The van der Waals surface area contributed by atoms with Crippen molar-refractivity contribution in [2.75, 3.05) is 14.1 Å². The van der Waals surface area contributed by atoms with Crippen LogP contribution in [0.5, 0.6) is 0 Å². The van der Waals surface area contributed by atoms with Gasteiger partial charge in [-0.25, -0.2) is 0 Å². The van der Waals surface area contributed by atoms with Crippen LogP contribution in [0.2, 0.25) is 0 Å². The standard InChI is InChI=1S/C8H12BrNO/c1-10(2)6-8-4-3-7(5-9)11-8/h3-4H,5-6H2,1-2H3. The molecule has 0 aliphatic carbocycles. The van der Waals surface area contributed by atoms with Gasteiger partial charge in [0.2, 0.25) is 0 Å². The second-order valence-corrected chi connectivity index (χ2v) is 3.30. The van der Waals surface area contributed by atoms with Crippen LogP contribution in [0.15, 0.2) is 16.5 Å². The molecule has 1 aromatic rings. The minimum atomic E-state index is 0.792. The third-order valence-corrected chi connectivity index (χ3v) is 1.87. The predicted molar refractivity (Wildman–Crippen MR) is 48.7 cm³/mol. The summed E-state index contributed by atoms with van der Waals surface area (Å²) in [6.07, 6.45) is 0. The lowest BCUT2D eigenvalue weighted by Gasteiger charge is -2.05. The molecule has 0 aliphatic rings. The second-order valence-electron chi connectivity index (χ2n) is 2.74. The maximum Gasteiger partial charge on any atom is 0.118 e. The SMILES string of the molecule is CN(C)Cc1ccc(CBr)o1. The van der Waals surface area contributed by atoms with E-state index in [-0.39, 0.29) is 0 Å². The van der Waals surface area contributed by atoms with Crippen molar-refractivity contribution in [1.29, 1.82) is 0 Å². The number of furan rings is 1. The Kier molecular flexibility index (Phi) is 3.15. The van der Waals surface area contributed by atoms with Crippen LogP contribution in [0.25, 0.3) is 0 Å². The molecule has 0 N–H and O–H groups in total. The van der Waals surface area contributed by atoms with E-state index in [1.54, 1.807) is 0 Å². The highest BCUT2D eigenvalue weighted by Gasteiger charge is 2.00. The molecule has 1 heterocycles. The minimum absolute atomic E-state index is 0.792. The van der Waals surface area contributed by atoms with Crippen molar-refractivity contribution in [3.8, 4) is 0 Å². The molecule has 11 heavy (non-hydrogen) atoms. The summed E-state index contributed by atoms with van der Waals surface area (Å²) in [5, 5.41) is 0.792. The van der Waals surface area contributed by atoms with Crippen LogP contribution in [0.1, 0.15) is 11.5 Å². The Balaban J connectivity index is 2.58. The first-order chi connectivity index (χ1) is 5.22. The number of rotatable bonds is 3. The highest BCUT2D eigenvalue weighted by molar-refractivity contribution is 9.08. The van der Waals surface area contributed by atoms with Crippen LogP contribution < -0.4 is 0 Å². The first-order valence-corrected chi connectivity index (χ1v) is 4.63. The summed E-state index contributed by atoms with van der Waals surface area (Å²) >= 11 is 3.33. The zero-order chi connectivity index (χ0) is 8.27. The average Bonchev–Trinajstić information content (AvgIpc) is 2.34. The first-order valence-electron chi connectivity index (χ1n) is 3.50. The number of nitrogens with zero attached hydrogens (tertiary/aromatic N) is 1. The summed E-state index contributed by atoms with van der Waals surface area (Å²) in [5.41, 5.74) is 0. The molecular formula is C8H12BrNO. The van der Waals surface area contributed by atoms with Gasteiger partial charge in [-0.1, -0.05) is 15.9 Å². The number of hydrogen-bond acceptors (Lipinski definition) is 2. The third-order valence-electron chi connectivity index (χ3n) is 1.32. The van der Waals surface area contributed by atoms with Crippen LogP contribution in [-0.2, 0) is 11.9 Å². The van der Waals surface area contributed by atoms with Gasteiger partial charge in [0.1, 0.15) is 11.5 Å². The van der Waals surface area contributed by atoms with E-state index in [1.165, 1.54) is 0 Å². The van der Waals surface area contributed by atoms with Crippen molar-refractivity contribution < 1.29 is 4.42 Å². The first kappa shape index (κ1) is 8.81. The van der Waals surface area contributed by atoms with E-state index < -0.39 is 0 Å². The zero-order valence-corrected chi connectivity index (χ0v) is 8.39. The van der Waals surface area contributed by atoms with Gasteiger partial charge in [0, 0.05) is 0 Å². The van der Waals surface area contributed by atoms with E-state index in [9.17, 15) is 0 Å². The quantitative estimate of drug-likeness (QED) is 0.723. The highest BCUT2D eigenvalue weighted by Crippen LogP contribution is 2.11. The predicted octanol–water partition coefficient (Wildman–Crippen LogP) is 2.24. The molecule has 0 atom stereocenters.